The standard InChI is InChI=1S/C32H42N6O5/c1-21(2)38(37-31(42)43-32(3,4)5)20-28(39)26(17-22-11-7-6-8-12-22)36-30(41)27(18-29(33)40)34-19-24-16-15-23-13-9-10-14-25(23)35-24/h6-16,21,26-27,34H,17-20H2,1-5H3,(H2,33,40)(H,36,41)(H,37,42)/t26-,27-/m0/s1. The Balaban J connectivity index is 1.76. The highest BCUT2D eigenvalue weighted by Gasteiger charge is 2.29. The van der Waals surface area contributed by atoms with E-state index in [4.69, 9.17) is 10.5 Å². The van der Waals surface area contributed by atoms with Crippen molar-refractivity contribution in [3.05, 3.63) is 78.0 Å². The Labute approximate surface area is 252 Å². The predicted octanol–water partition coefficient (Wildman–Crippen LogP) is 3.02. The summed E-state index contributed by atoms with van der Waals surface area (Å²) in [7, 11) is 0. The first-order valence-corrected chi connectivity index (χ1v) is 14.3. The quantitative estimate of drug-likeness (QED) is 0.209. The van der Waals surface area contributed by atoms with Gasteiger partial charge in [0.05, 0.1) is 36.3 Å². The average molecular weight is 591 g/mol. The fraction of sp³-hybridized carbons (Fsp3) is 0.406. The van der Waals surface area contributed by atoms with Crippen molar-refractivity contribution in [2.24, 2.45) is 5.73 Å². The van der Waals surface area contributed by atoms with Gasteiger partial charge in [-0.25, -0.2) is 9.80 Å². The smallest absolute Gasteiger partial charge is 0.422 e. The zero-order valence-corrected chi connectivity index (χ0v) is 25.4. The molecule has 11 heteroatoms. The second kappa shape index (κ2) is 15.2. The molecule has 1 heterocycles. The van der Waals surface area contributed by atoms with Gasteiger partial charge in [0.2, 0.25) is 11.8 Å². The van der Waals surface area contributed by atoms with Crippen LogP contribution in [0.4, 0.5) is 4.79 Å². The number of nitrogens with one attached hydrogen (secondary N) is 3. The third-order valence-electron chi connectivity index (χ3n) is 6.48. The zero-order chi connectivity index (χ0) is 31.6. The lowest BCUT2D eigenvalue weighted by atomic mass is 10.0. The fourth-order valence-corrected chi connectivity index (χ4v) is 4.31. The van der Waals surface area contributed by atoms with Gasteiger partial charge in [-0.2, -0.15) is 0 Å². The van der Waals surface area contributed by atoms with Gasteiger partial charge >= 0.3 is 6.09 Å². The van der Waals surface area contributed by atoms with Crippen molar-refractivity contribution in [2.75, 3.05) is 6.54 Å². The van der Waals surface area contributed by atoms with Gasteiger partial charge in [0.1, 0.15) is 5.60 Å². The number of primary amides is 1. The molecular weight excluding hydrogens is 548 g/mol. The molecule has 3 aromatic rings. The highest BCUT2D eigenvalue weighted by molar-refractivity contribution is 5.94. The van der Waals surface area contributed by atoms with Crippen LogP contribution < -0.4 is 21.8 Å². The third kappa shape index (κ3) is 11.1. The molecule has 0 bridgehead atoms. The lowest BCUT2D eigenvalue weighted by Gasteiger charge is -2.30. The molecule has 0 saturated heterocycles. The third-order valence-corrected chi connectivity index (χ3v) is 6.48. The van der Waals surface area contributed by atoms with Crippen molar-refractivity contribution in [2.45, 2.75) is 77.7 Å². The molecule has 11 nitrogen and oxygen atoms in total. The Kier molecular flexibility index (Phi) is 11.7. The summed E-state index contributed by atoms with van der Waals surface area (Å²) in [5.41, 5.74) is 9.71. The molecule has 2 atom stereocenters. The number of carbonyl (C=O) groups excluding carboxylic acids is 4. The summed E-state index contributed by atoms with van der Waals surface area (Å²) in [6, 6.07) is 18.5. The van der Waals surface area contributed by atoms with Crippen molar-refractivity contribution >= 4 is 34.6 Å². The molecule has 43 heavy (non-hydrogen) atoms. The van der Waals surface area contributed by atoms with Gasteiger partial charge in [-0.05, 0) is 58.7 Å². The van der Waals surface area contributed by atoms with Crippen LogP contribution in [0, 0.1) is 0 Å². The summed E-state index contributed by atoms with van der Waals surface area (Å²) in [5.74, 6) is -1.56. The maximum absolute atomic E-state index is 13.6. The Hall–Kier alpha value is -4.35. The summed E-state index contributed by atoms with van der Waals surface area (Å²) in [5, 5.41) is 8.35. The summed E-state index contributed by atoms with van der Waals surface area (Å²) in [6.07, 6.45) is -0.755. The van der Waals surface area contributed by atoms with Gasteiger partial charge in [0, 0.05) is 18.0 Å². The summed E-state index contributed by atoms with van der Waals surface area (Å²) >= 11 is 0. The van der Waals surface area contributed by atoms with Gasteiger partial charge in [-0.15, -0.1) is 0 Å². The van der Waals surface area contributed by atoms with Crippen LogP contribution in [-0.2, 0) is 32.1 Å². The molecular formula is C32H42N6O5. The minimum Gasteiger partial charge on any atom is -0.443 e. The predicted molar refractivity (Wildman–Crippen MR) is 164 cm³/mol. The van der Waals surface area contributed by atoms with Crippen LogP contribution in [0.2, 0.25) is 0 Å². The van der Waals surface area contributed by atoms with Gasteiger partial charge in [-0.3, -0.25) is 30.1 Å². The normalized spacial score (nSPS) is 13.0. The molecule has 0 aliphatic rings. The van der Waals surface area contributed by atoms with Crippen molar-refractivity contribution in [3.8, 4) is 0 Å². The highest BCUT2D eigenvalue weighted by atomic mass is 16.6. The second-order valence-electron chi connectivity index (χ2n) is 11.7. The number of fused-ring (bicyclic) bond motifs is 1. The molecule has 3 amide bonds. The van der Waals surface area contributed by atoms with Gasteiger partial charge in [-0.1, -0.05) is 54.6 Å². The van der Waals surface area contributed by atoms with Crippen LogP contribution in [0.25, 0.3) is 10.9 Å². The molecule has 1 aromatic heterocycles. The van der Waals surface area contributed by atoms with E-state index in [9.17, 15) is 19.2 Å². The highest BCUT2D eigenvalue weighted by Crippen LogP contribution is 2.13. The number of hydrogen-bond acceptors (Lipinski definition) is 8. The van der Waals surface area contributed by atoms with E-state index < -0.39 is 35.6 Å². The molecule has 5 N–H and O–H groups in total. The number of benzene rings is 2. The lowest BCUT2D eigenvalue weighted by Crippen LogP contribution is -2.56. The molecule has 0 unspecified atom stereocenters. The average Bonchev–Trinajstić information content (AvgIpc) is 2.93. The van der Waals surface area contributed by atoms with E-state index in [1.807, 2.05) is 80.6 Å². The number of aromatic nitrogens is 1. The molecule has 0 fully saturated rings. The van der Waals surface area contributed by atoms with Crippen LogP contribution in [0.5, 0.6) is 0 Å². The Morgan fingerprint density at radius 2 is 1.60 bits per heavy atom. The number of nitrogens with two attached hydrogens (primary N) is 1. The first-order chi connectivity index (χ1) is 20.3. The first-order valence-electron chi connectivity index (χ1n) is 14.3. The minimum absolute atomic E-state index is 0.191. The van der Waals surface area contributed by atoms with Crippen molar-refractivity contribution in [1.82, 2.24) is 26.1 Å². The Morgan fingerprint density at radius 3 is 2.26 bits per heavy atom. The Morgan fingerprint density at radius 1 is 0.930 bits per heavy atom. The number of hydrogen-bond donors (Lipinski definition) is 4. The van der Waals surface area contributed by atoms with Gasteiger partial charge in [0.15, 0.2) is 5.78 Å². The lowest BCUT2D eigenvalue weighted by molar-refractivity contribution is -0.131. The maximum atomic E-state index is 13.6. The molecule has 230 valence electrons. The van der Waals surface area contributed by atoms with Crippen molar-refractivity contribution < 1.29 is 23.9 Å². The number of pyridine rings is 1. The van der Waals surface area contributed by atoms with Gasteiger partial charge < -0.3 is 15.8 Å². The van der Waals surface area contributed by atoms with Crippen molar-refractivity contribution in [1.29, 1.82) is 0 Å². The number of amides is 3. The number of Topliss-reactive ketones (excluding diaryl/α,β-unsaturated/α-hetero) is 1. The number of para-hydroxylation sites is 1. The van der Waals surface area contributed by atoms with E-state index in [1.54, 1.807) is 20.8 Å². The SMILES string of the molecule is CC(C)N(CC(=O)[C@H](Cc1ccccc1)NC(=O)[C@H](CC(N)=O)NCc1ccc2ccccc2n1)NC(=O)OC(C)(C)C. The van der Waals surface area contributed by atoms with E-state index in [1.165, 1.54) is 5.01 Å². The van der Waals surface area contributed by atoms with Gasteiger partial charge in [0.25, 0.3) is 0 Å². The number of hydrazine groups is 1. The van der Waals surface area contributed by atoms with E-state index in [2.05, 4.69) is 21.0 Å². The summed E-state index contributed by atoms with van der Waals surface area (Å²) in [6.45, 7) is 8.89. The number of ether oxygens (including phenoxy) is 1. The van der Waals surface area contributed by atoms with Crippen LogP contribution >= 0.6 is 0 Å². The number of rotatable bonds is 14. The first kappa shape index (κ1) is 33.2. The van der Waals surface area contributed by atoms with Crippen LogP contribution in [-0.4, -0.2) is 64.0 Å². The summed E-state index contributed by atoms with van der Waals surface area (Å²) in [4.78, 5) is 56.1. The van der Waals surface area contributed by atoms with Crippen LogP contribution in [0.3, 0.4) is 0 Å². The number of carbonyl (C=O) groups is 4. The number of ketones is 1. The van der Waals surface area contributed by atoms with E-state index in [-0.39, 0.29) is 37.8 Å². The molecule has 2 aromatic carbocycles. The molecule has 0 spiro atoms. The molecule has 0 saturated carbocycles. The monoisotopic (exact) mass is 590 g/mol. The zero-order valence-electron chi connectivity index (χ0n) is 25.4. The topological polar surface area (TPSA) is 156 Å². The van der Waals surface area contributed by atoms with Crippen LogP contribution in [0.1, 0.15) is 52.3 Å². The molecule has 3 rings (SSSR count). The number of nitrogens with zero attached hydrogens (tertiary/aromatic N) is 2. The largest absolute Gasteiger partial charge is 0.443 e. The Bertz CT molecular complexity index is 1410. The van der Waals surface area contributed by atoms with E-state index >= 15 is 0 Å². The maximum Gasteiger partial charge on any atom is 0.422 e. The summed E-state index contributed by atoms with van der Waals surface area (Å²) < 4.78 is 5.35. The molecule has 0 aliphatic carbocycles. The second-order valence-corrected chi connectivity index (χ2v) is 11.7. The van der Waals surface area contributed by atoms with Crippen LogP contribution in [0.15, 0.2) is 66.7 Å². The minimum atomic E-state index is -1.00. The fourth-order valence-electron chi connectivity index (χ4n) is 4.31. The van der Waals surface area contributed by atoms with Crippen molar-refractivity contribution in [3.63, 3.8) is 0 Å². The van der Waals surface area contributed by atoms with E-state index in [0.717, 1.165) is 16.5 Å². The molecule has 0 aliphatic heterocycles. The van der Waals surface area contributed by atoms with E-state index in [0.29, 0.717) is 5.69 Å². The molecule has 0 radical (unpaired) electrons.